The highest BCUT2D eigenvalue weighted by Gasteiger charge is 2.20. The summed E-state index contributed by atoms with van der Waals surface area (Å²) >= 11 is 0. The van der Waals surface area contributed by atoms with Crippen molar-refractivity contribution in [2.75, 3.05) is 6.54 Å². The Kier molecular flexibility index (Phi) is 4.91. The van der Waals surface area contributed by atoms with Gasteiger partial charge in [0, 0.05) is 24.0 Å². The highest BCUT2D eigenvalue weighted by Crippen LogP contribution is 2.10. The summed E-state index contributed by atoms with van der Waals surface area (Å²) in [6.07, 6.45) is 5.82. The zero-order chi connectivity index (χ0) is 13.7. The molecule has 1 aromatic rings. The van der Waals surface area contributed by atoms with Gasteiger partial charge >= 0.3 is 0 Å². The monoisotopic (exact) mass is 261 g/mol. The minimum atomic E-state index is 0.0746. The molecule has 2 atom stereocenters. The fraction of sp³-hybridized carbons (Fsp3) is 0.600. The molecule has 19 heavy (non-hydrogen) atoms. The molecule has 104 valence electrons. The number of pyridine rings is 1. The molecule has 1 saturated heterocycles. The molecule has 0 aromatic carbocycles. The molecule has 4 heteroatoms. The fourth-order valence-electron chi connectivity index (χ4n) is 2.50. The lowest BCUT2D eigenvalue weighted by molar-refractivity contribution is -0.121. The maximum Gasteiger partial charge on any atom is 0.224 e. The summed E-state index contributed by atoms with van der Waals surface area (Å²) in [4.78, 5) is 16.2. The van der Waals surface area contributed by atoms with Crippen molar-refractivity contribution >= 4 is 5.91 Å². The first-order chi connectivity index (χ1) is 9.15. The van der Waals surface area contributed by atoms with E-state index in [9.17, 15) is 4.79 Å². The normalized spacial score (nSPS) is 20.8. The van der Waals surface area contributed by atoms with Crippen molar-refractivity contribution in [2.45, 2.75) is 51.6 Å². The van der Waals surface area contributed by atoms with E-state index in [1.54, 1.807) is 6.20 Å². The number of nitrogens with one attached hydrogen (secondary N) is 2. The van der Waals surface area contributed by atoms with Crippen LogP contribution in [0.5, 0.6) is 0 Å². The van der Waals surface area contributed by atoms with Crippen molar-refractivity contribution in [1.29, 1.82) is 0 Å². The molecule has 0 radical (unpaired) electrons. The zero-order valence-electron chi connectivity index (χ0n) is 11.8. The standard InChI is InChI=1S/C15H23N3O/c1-11-6-7-13(10-17-11)9-15(19)18-12(2)14-5-3-4-8-16-14/h6-7,10,12,14,16H,3-5,8-9H2,1-2H3,(H,18,19)/t12-,14+/m0/s1. The molecule has 1 fully saturated rings. The van der Waals surface area contributed by atoms with Gasteiger partial charge in [0.05, 0.1) is 6.42 Å². The second kappa shape index (κ2) is 6.66. The van der Waals surface area contributed by atoms with Crippen LogP contribution in [-0.4, -0.2) is 29.5 Å². The molecule has 1 aliphatic heterocycles. The largest absolute Gasteiger partial charge is 0.352 e. The SMILES string of the molecule is Cc1ccc(CC(=O)N[C@@H](C)[C@H]2CCCCN2)cn1. The van der Waals surface area contributed by atoms with Gasteiger partial charge in [-0.05, 0) is 44.9 Å². The Morgan fingerprint density at radius 1 is 1.53 bits per heavy atom. The number of carbonyl (C=O) groups excluding carboxylic acids is 1. The van der Waals surface area contributed by atoms with Crippen LogP contribution in [0.15, 0.2) is 18.3 Å². The van der Waals surface area contributed by atoms with Crippen LogP contribution in [0.4, 0.5) is 0 Å². The maximum absolute atomic E-state index is 12.0. The third kappa shape index (κ3) is 4.31. The predicted octanol–water partition coefficient (Wildman–Crippen LogP) is 1.58. The molecule has 0 unspecified atom stereocenters. The van der Waals surface area contributed by atoms with E-state index in [1.807, 2.05) is 19.1 Å². The zero-order valence-corrected chi connectivity index (χ0v) is 11.8. The molecule has 2 rings (SSSR count). The number of amides is 1. The van der Waals surface area contributed by atoms with Gasteiger partial charge in [-0.2, -0.15) is 0 Å². The van der Waals surface area contributed by atoms with Crippen molar-refractivity contribution in [1.82, 2.24) is 15.6 Å². The summed E-state index contributed by atoms with van der Waals surface area (Å²) < 4.78 is 0. The lowest BCUT2D eigenvalue weighted by Crippen LogP contribution is -2.50. The van der Waals surface area contributed by atoms with Crippen molar-refractivity contribution in [3.63, 3.8) is 0 Å². The minimum absolute atomic E-state index is 0.0746. The number of hydrogen-bond donors (Lipinski definition) is 2. The summed E-state index contributed by atoms with van der Waals surface area (Å²) in [6, 6.07) is 4.50. The molecule has 2 heterocycles. The summed E-state index contributed by atoms with van der Waals surface area (Å²) in [5, 5.41) is 6.55. The number of piperidine rings is 1. The Bertz CT molecular complexity index is 410. The van der Waals surface area contributed by atoms with E-state index < -0.39 is 0 Å². The van der Waals surface area contributed by atoms with E-state index in [4.69, 9.17) is 0 Å². The molecule has 0 saturated carbocycles. The van der Waals surface area contributed by atoms with Crippen LogP contribution in [-0.2, 0) is 11.2 Å². The van der Waals surface area contributed by atoms with Crippen LogP contribution in [0, 0.1) is 6.92 Å². The molecule has 1 aromatic heterocycles. The molecule has 1 aliphatic rings. The van der Waals surface area contributed by atoms with Crippen LogP contribution >= 0.6 is 0 Å². The highest BCUT2D eigenvalue weighted by atomic mass is 16.1. The second-order valence-electron chi connectivity index (χ2n) is 5.40. The van der Waals surface area contributed by atoms with Crippen LogP contribution in [0.2, 0.25) is 0 Å². The van der Waals surface area contributed by atoms with Crippen LogP contribution in [0.3, 0.4) is 0 Å². The fourth-order valence-corrected chi connectivity index (χ4v) is 2.50. The molecule has 2 N–H and O–H groups in total. The van der Waals surface area contributed by atoms with Crippen LogP contribution in [0.1, 0.15) is 37.4 Å². The summed E-state index contributed by atoms with van der Waals surface area (Å²) in [7, 11) is 0. The van der Waals surface area contributed by atoms with Gasteiger partial charge in [0.1, 0.15) is 0 Å². The van der Waals surface area contributed by atoms with E-state index >= 15 is 0 Å². The Hall–Kier alpha value is -1.42. The first-order valence-electron chi connectivity index (χ1n) is 7.09. The van der Waals surface area contributed by atoms with Gasteiger partial charge < -0.3 is 10.6 Å². The molecular formula is C15H23N3O. The van der Waals surface area contributed by atoms with Gasteiger partial charge in [0.15, 0.2) is 0 Å². The summed E-state index contributed by atoms with van der Waals surface area (Å²) in [6.45, 7) is 5.09. The van der Waals surface area contributed by atoms with E-state index in [-0.39, 0.29) is 11.9 Å². The predicted molar refractivity (Wildman–Crippen MR) is 75.9 cm³/mol. The quantitative estimate of drug-likeness (QED) is 0.865. The van der Waals surface area contributed by atoms with Gasteiger partial charge in [-0.1, -0.05) is 12.5 Å². The number of rotatable bonds is 4. The van der Waals surface area contributed by atoms with E-state index in [1.165, 1.54) is 12.8 Å². The van der Waals surface area contributed by atoms with Crippen molar-refractivity contribution in [2.24, 2.45) is 0 Å². The van der Waals surface area contributed by atoms with Gasteiger partial charge in [-0.15, -0.1) is 0 Å². The first-order valence-corrected chi connectivity index (χ1v) is 7.09. The minimum Gasteiger partial charge on any atom is -0.352 e. The maximum atomic E-state index is 12.0. The molecule has 0 aliphatic carbocycles. The van der Waals surface area contributed by atoms with E-state index in [0.29, 0.717) is 12.5 Å². The average Bonchev–Trinajstić information content (AvgIpc) is 2.42. The Morgan fingerprint density at radius 3 is 3.00 bits per heavy atom. The number of aromatic nitrogens is 1. The van der Waals surface area contributed by atoms with Gasteiger partial charge in [0.25, 0.3) is 0 Å². The van der Waals surface area contributed by atoms with E-state index in [0.717, 1.165) is 24.2 Å². The second-order valence-corrected chi connectivity index (χ2v) is 5.40. The summed E-state index contributed by atoms with van der Waals surface area (Å²) in [5.74, 6) is 0.0746. The van der Waals surface area contributed by atoms with Gasteiger partial charge in [0.2, 0.25) is 5.91 Å². The lowest BCUT2D eigenvalue weighted by atomic mass is 9.99. The Morgan fingerprint density at radius 2 is 2.37 bits per heavy atom. The molecular weight excluding hydrogens is 238 g/mol. The number of nitrogens with zero attached hydrogens (tertiary/aromatic N) is 1. The van der Waals surface area contributed by atoms with Gasteiger partial charge in [-0.25, -0.2) is 0 Å². The third-order valence-corrected chi connectivity index (χ3v) is 3.68. The van der Waals surface area contributed by atoms with Crippen molar-refractivity contribution < 1.29 is 4.79 Å². The molecule has 1 amide bonds. The molecule has 0 bridgehead atoms. The first kappa shape index (κ1) is 14.0. The Balaban J connectivity index is 1.81. The average molecular weight is 261 g/mol. The number of carbonyl (C=O) groups is 1. The van der Waals surface area contributed by atoms with Crippen LogP contribution < -0.4 is 10.6 Å². The lowest BCUT2D eigenvalue weighted by Gasteiger charge is -2.29. The van der Waals surface area contributed by atoms with Crippen LogP contribution in [0.25, 0.3) is 0 Å². The topological polar surface area (TPSA) is 54.0 Å². The number of hydrogen-bond acceptors (Lipinski definition) is 3. The van der Waals surface area contributed by atoms with Gasteiger partial charge in [-0.3, -0.25) is 9.78 Å². The third-order valence-electron chi connectivity index (χ3n) is 3.68. The summed E-state index contributed by atoms with van der Waals surface area (Å²) in [5.41, 5.74) is 1.94. The Labute approximate surface area is 115 Å². The van der Waals surface area contributed by atoms with Crippen molar-refractivity contribution in [3.05, 3.63) is 29.6 Å². The van der Waals surface area contributed by atoms with Crippen molar-refractivity contribution in [3.8, 4) is 0 Å². The molecule has 0 spiro atoms. The smallest absolute Gasteiger partial charge is 0.224 e. The van der Waals surface area contributed by atoms with E-state index in [2.05, 4.69) is 22.5 Å². The highest BCUT2D eigenvalue weighted by molar-refractivity contribution is 5.78. The molecule has 4 nitrogen and oxygen atoms in total. The number of aryl methyl sites for hydroxylation is 1.